The summed E-state index contributed by atoms with van der Waals surface area (Å²) in [6, 6.07) is 0. The van der Waals surface area contributed by atoms with Gasteiger partial charge in [0.15, 0.2) is 0 Å². The topological polar surface area (TPSA) is 41.3 Å². The molecule has 3 heterocycles. The first-order chi connectivity index (χ1) is 8.78. The molecule has 4 heteroatoms. The molecule has 2 aliphatic rings. The number of likely N-dealkylation sites (tertiary alicyclic amines) is 1. The first kappa shape index (κ1) is 12.2. The molecule has 0 aromatic carbocycles. The van der Waals surface area contributed by atoms with Crippen LogP contribution in [0.2, 0.25) is 0 Å². The van der Waals surface area contributed by atoms with Gasteiger partial charge < -0.3 is 14.6 Å². The highest BCUT2D eigenvalue weighted by atomic mass is 16.3. The number of aryl methyl sites for hydroxylation is 1. The highest BCUT2D eigenvalue weighted by Crippen LogP contribution is 2.29. The van der Waals surface area contributed by atoms with Gasteiger partial charge in [-0.3, -0.25) is 0 Å². The zero-order valence-corrected chi connectivity index (χ0v) is 11.2. The third-order valence-electron chi connectivity index (χ3n) is 4.50. The second kappa shape index (κ2) is 5.02. The van der Waals surface area contributed by atoms with Crippen LogP contribution in [0, 0.1) is 0 Å². The second-order valence-corrected chi connectivity index (χ2v) is 5.62. The van der Waals surface area contributed by atoms with E-state index in [1.807, 2.05) is 6.20 Å². The van der Waals surface area contributed by atoms with Gasteiger partial charge in [0, 0.05) is 17.8 Å². The Hall–Kier alpha value is -0.870. The third-order valence-corrected chi connectivity index (χ3v) is 4.50. The lowest BCUT2D eigenvalue weighted by molar-refractivity contribution is 0.127. The minimum absolute atomic E-state index is 0.179. The average molecular weight is 249 g/mol. The lowest BCUT2D eigenvalue weighted by Crippen LogP contribution is -2.34. The normalized spacial score (nSPS) is 26.2. The molecule has 1 aromatic rings. The lowest BCUT2D eigenvalue weighted by Gasteiger charge is -2.32. The minimum Gasteiger partial charge on any atom is -0.391 e. The number of imidazole rings is 1. The van der Waals surface area contributed by atoms with Crippen LogP contribution in [-0.2, 0) is 13.0 Å². The molecule has 0 spiro atoms. The standard InChI is InChI=1S/C14H23N3O/c1-2-16-7-5-11(6-8-16)14-15-9-12-3-4-13(18)10-17(12)14/h9,11,13,18H,2-8,10H2,1H3. The Morgan fingerprint density at radius 2 is 2.11 bits per heavy atom. The van der Waals surface area contributed by atoms with Gasteiger partial charge in [0.2, 0.25) is 0 Å². The molecule has 0 amide bonds. The highest BCUT2D eigenvalue weighted by molar-refractivity contribution is 5.13. The Balaban J connectivity index is 1.75. The van der Waals surface area contributed by atoms with Crippen LogP contribution in [-0.4, -0.2) is 45.3 Å². The number of nitrogens with zero attached hydrogens (tertiary/aromatic N) is 3. The molecule has 2 aliphatic heterocycles. The summed E-state index contributed by atoms with van der Waals surface area (Å²) in [6.07, 6.45) is 6.12. The largest absolute Gasteiger partial charge is 0.391 e. The summed E-state index contributed by atoms with van der Waals surface area (Å²) in [5, 5.41) is 9.82. The number of rotatable bonds is 2. The van der Waals surface area contributed by atoms with Crippen LogP contribution in [0.5, 0.6) is 0 Å². The summed E-state index contributed by atoms with van der Waals surface area (Å²) < 4.78 is 2.28. The Morgan fingerprint density at radius 1 is 1.33 bits per heavy atom. The number of aromatic nitrogens is 2. The van der Waals surface area contributed by atoms with Crippen molar-refractivity contribution in [3.05, 3.63) is 17.7 Å². The monoisotopic (exact) mass is 249 g/mol. The van der Waals surface area contributed by atoms with Crippen molar-refractivity contribution in [3.63, 3.8) is 0 Å². The molecule has 0 aliphatic carbocycles. The van der Waals surface area contributed by atoms with Crippen molar-refractivity contribution in [1.29, 1.82) is 0 Å². The summed E-state index contributed by atoms with van der Waals surface area (Å²) >= 11 is 0. The summed E-state index contributed by atoms with van der Waals surface area (Å²) in [6.45, 7) is 6.51. The number of hydrogen-bond donors (Lipinski definition) is 1. The number of fused-ring (bicyclic) bond motifs is 1. The van der Waals surface area contributed by atoms with E-state index in [-0.39, 0.29) is 6.10 Å². The summed E-state index contributed by atoms with van der Waals surface area (Å²) in [7, 11) is 0. The Bertz CT molecular complexity index is 407. The van der Waals surface area contributed by atoms with Crippen molar-refractivity contribution in [1.82, 2.24) is 14.5 Å². The Labute approximate surface area is 109 Å². The van der Waals surface area contributed by atoms with E-state index in [2.05, 4.69) is 21.4 Å². The SMILES string of the molecule is CCN1CCC(c2ncc3n2CC(O)CC3)CC1. The van der Waals surface area contributed by atoms with Gasteiger partial charge in [-0.1, -0.05) is 6.92 Å². The van der Waals surface area contributed by atoms with Gasteiger partial charge >= 0.3 is 0 Å². The summed E-state index contributed by atoms with van der Waals surface area (Å²) in [5.74, 6) is 1.81. The van der Waals surface area contributed by atoms with Crippen LogP contribution in [0.4, 0.5) is 0 Å². The van der Waals surface area contributed by atoms with Gasteiger partial charge in [0.25, 0.3) is 0 Å². The van der Waals surface area contributed by atoms with Crippen molar-refractivity contribution in [2.24, 2.45) is 0 Å². The Kier molecular flexibility index (Phi) is 3.39. The van der Waals surface area contributed by atoms with Crippen molar-refractivity contribution in [2.45, 2.75) is 51.2 Å². The lowest BCUT2D eigenvalue weighted by atomic mass is 9.95. The van der Waals surface area contributed by atoms with E-state index in [1.165, 1.54) is 37.4 Å². The predicted molar refractivity (Wildman–Crippen MR) is 70.6 cm³/mol. The summed E-state index contributed by atoms with van der Waals surface area (Å²) in [5.41, 5.74) is 1.31. The van der Waals surface area contributed by atoms with Gasteiger partial charge in [0.05, 0.1) is 12.6 Å². The summed E-state index contributed by atoms with van der Waals surface area (Å²) in [4.78, 5) is 7.15. The molecule has 0 saturated carbocycles. The maximum Gasteiger partial charge on any atom is 0.112 e. The molecule has 1 fully saturated rings. The molecule has 0 radical (unpaired) electrons. The second-order valence-electron chi connectivity index (χ2n) is 5.62. The predicted octanol–water partition coefficient (Wildman–Crippen LogP) is 1.39. The fraction of sp³-hybridized carbons (Fsp3) is 0.786. The third kappa shape index (κ3) is 2.19. The van der Waals surface area contributed by atoms with Crippen LogP contribution in [0.3, 0.4) is 0 Å². The first-order valence-electron chi connectivity index (χ1n) is 7.22. The zero-order valence-electron chi connectivity index (χ0n) is 11.2. The van der Waals surface area contributed by atoms with Crippen LogP contribution in [0.25, 0.3) is 0 Å². The van der Waals surface area contributed by atoms with Gasteiger partial charge in [0.1, 0.15) is 5.82 Å². The number of hydrogen-bond acceptors (Lipinski definition) is 3. The molecule has 1 N–H and O–H groups in total. The Morgan fingerprint density at radius 3 is 2.83 bits per heavy atom. The molecule has 0 bridgehead atoms. The van der Waals surface area contributed by atoms with Gasteiger partial charge in [-0.15, -0.1) is 0 Å². The molecular formula is C14H23N3O. The number of aliphatic hydroxyl groups is 1. The maximum atomic E-state index is 9.82. The molecular weight excluding hydrogens is 226 g/mol. The van der Waals surface area contributed by atoms with Crippen LogP contribution in [0.1, 0.15) is 43.6 Å². The van der Waals surface area contributed by atoms with Gasteiger partial charge in [-0.05, 0) is 45.3 Å². The van der Waals surface area contributed by atoms with E-state index in [0.717, 1.165) is 25.9 Å². The fourth-order valence-electron chi connectivity index (χ4n) is 3.29. The smallest absolute Gasteiger partial charge is 0.112 e. The molecule has 1 unspecified atom stereocenters. The number of piperidine rings is 1. The van der Waals surface area contributed by atoms with E-state index in [1.54, 1.807) is 0 Å². The van der Waals surface area contributed by atoms with E-state index >= 15 is 0 Å². The maximum absolute atomic E-state index is 9.82. The van der Waals surface area contributed by atoms with E-state index in [0.29, 0.717) is 5.92 Å². The molecule has 18 heavy (non-hydrogen) atoms. The van der Waals surface area contributed by atoms with E-state index in [9.17, 15) is 5.11 Å². The molecule has 4 nitrogen and oxygen atoms in total. The molecule has 3 rings (SSSR count). The van der Waals surface area contributed by atoms with E-state index in [4.69, 9.17) is 0 Å². The first-order valence-corrected chi connectivity index (χ1v) is 7.22. The number of aliphatic hydroxyl groups excluding tert-OH is 1. The average Bonchev–Trinajstić information content (AvgIpc) is 2.82. The molecule has 1 saturated heterocycles. The van der Waals surface area contributed by atoms with Crippen LogP contribution in [0.15, 0.2) is 6.20 Å². The van der Waals surface area contributed by atoms with Crippen molar-refractivity contribution < 1.29 is 5.11 Å². The molecule has 100 valence electrons. The van der Waals surface area contributed by atoms with Crippen molar-refractivity contribution in [2.75, 3.05) is 19.6 Å². The van der Waals surface area contributed by atoms with Gasteiger partial charge in [-0.25, -0.2) is 4.98 Å². The van der Waals surface area contributed by atoms with Crippen molar-refractivity contribution >= 4 is 0 Å². The highest BCUT2D eigenvalue weighted by Gasteiger charge is 2.27. The van der Waals surface area contributed by atoms with Crippen molar-refractivity contribution in [3.8, 4) is 0 Å². The molecule has 1 atom stereocenters. The quantitative estimate of drug-likeness (QED) is 0.861. The van der Waals surface area contributed by atoms with Crippen LogP contribution >= 0.6 is 0 Å². The molecule has 1 aromatic heterocycles. The van der Waals surface area contributed by atoms with E-state index < -0.39 is 0 Å². The van der Waals surface area contributed by atoms with Gasteiger partial charge in [-0.2, -0.15) is 0 Å². The zero-order chi connectivity index (χ0) is 12.5. The fourth-order valence-corrected chi connectivity index (χ4v) is 3.29. The van der Waals surface area contributed by atoms with Crippen LogP contribution < -0.4 is 0 Å². The minimum atomic E-state index is -0.179.